The molecule has 198 valence electrons. The third-order valence-corrected chi connectivity index (χ3v) is 5.70. The van der Waals surface area contributed by atoms with E-state index >= 15 is 0 Å². The average Bonchev–Trinajstić information content (AvgIpc) is 3.26. The third-order valence-electron chi connectivity index (χ3n) is 5.70. The summed E-state index contributed by atoms with van der Waals surface area (Å²) in [7, 11) is 0. The van der Waals surface area contributed by atoms with Gasteiger partial charge in [-0.2, -0.15) is 0 Å². The number of benzene rings is 3. The van der Waals surface area contributed by atoms with Gasteiger partial charge in [-0.25, -0.2) is 9.18 Å². The van der Waals surface area contributed by atoms with Crippen LogP contribution in [0.15, 0.2) is 77.7 Å². The van der Waals surface area contributed by atoms with Crippen molar-refractivity contribution in [2.45, 2.75) is 39.7 Å². The van der Waals surface area contributed by atoms with E-state index in [4.69, 9.17) is 18.6 Å². The van der Waals surface area contributed by atoms with Gasteiger partial charge >= 0.3 is 5.97 Å². The molecule has 0 unspecified atom stereocenters. The molecule has 0 bridgehead atoms. The molecule has 0 amide bonds. The predicted octanol–water partition coefficient (Wildman–Crippen LogP) is 8.37. The number of nitrogens with one attached hydrogen (secondary N) is 1. The van der Waals surface area contributed by atoms with Crippen molar-refractivity contribution in [1.82, 2.24) is 0 Å². The first-order chi connectivity index (χ1) is 18.4. The number of fused-ring (bicyclic) bond motifs is 1. The lowest BCUT2D eigenvalue weighted by Crippen LogP contribution is -2.10. The Morgan fingerprint density at radius 2 is 1.76 bits per heavy atom. The van der Waals surface area contributed by atoms with Crippen molar-refractivity contribution in [2.24, 2.45) is 0 Å². The van der Waals surface area contributed by atoms with Crippen molar-refractivity contribution in [3.8, 4) is 28.6 Å². The van der Waals surface area contributed by atoms with Crippen molar-refractivity contribution in [3.63, 3.8) is 0 Å². The van der Waals surface area contributed by atoms with Gasteiger partial charge in [0.05, 0.1) is 18.4 Å². The molecule has 7 heteroatoms. The van der Waals surface area contributed by atoms with Crippen molar-refractivity contribution < 1.29 is 27.8 Å². The van der Waals surface area contributed by atoms with E-state index in [2.05, 4.69) is 11.9 Å². The Balaban J connectivity index is 1.73. The number of rotatable bonds is 12. The standard InChI is InChI=1S/C31H32FNO5/c1-5-7-8-17-33-26-19-27-25(18-28(26)36-20(3)4)29(31(34)35-6-2)30(38-27)21-9-13-23(14-10-21)37-24-15-11-22(32)12-16-24/h5,9-16,18-20,33H,1,6-8,17H2,2-4H3. The summed E-state index contributed by atoms with van der Waals surface area (Å²) < 4.78 is 36.7. The highest BCUT2D eigenvalue weighted by molar-refractivity contribution is 6.10. The largest absolute Gasteiger partial charge is 0.489 e. The van der Waals surface area contributed by atoms with Gasteiger partial charge in [0.25, 0.3) is 0 Å². The zero-order valence-electron chi connectivity index (χ0n) is 21.9. The summed E-state index contributed by atoms with van der Waals surface area (Å²) in [5, 5.41) is 4.02. The summed E-state index contributed by atoms with van der Waals surface area (Å²) >= 11 is 0. The summed E-state index contributed by atoms with van der Waals surface area (Å²) in [6, 6.07) is 16.6. The lowest BCUT2D eigenvalue weighted by atomic mass is 10.0. The van der Waals surface area contributed by atoms with Crippen molar-refractivity contribution in [3.05, 3.63) is 84.7 Å². The monoisotopic (exact) mass is 517 g/mol. The normalized spacial score (nSPS) is 11.0. The van der Waals surface area contributed by atoms with Crippen LogP contribution < -0.4 is 14.8 Å². The molecule has 4 aromatic rings. The number of hydrogen-bond donors (Lipinski definition) is 1. The van der Waals surface area contributed by atoms with Gasteiger partial charge in [-0.1, -0.05) is 6.08 Å². The highest BCUT2D eigenvalue weighted by Crippen LogP contribution is 2.40. The maximum absolute atomic E-state index is 13.2. The number of unbranched alkanes of at least 4 members (excludes halogenated alkanes) is 1. The van der Waals surface area contributed by atoms with E-state index in [9.17, 15) is 9.18 Å². The zero-order chi connectivity index (χ0) is 27.1. The summed E-state index contributed by atoms with van der Waals surface area (Å²) in [6.07, 6.45) is 3.64. The maximum atomic E-state index is 13.2. The van der Waals surface area contributed by atoms with Crippen molar-refractivity contribution in [2.75, 3.05) is 18.5 Å². The van der Waals surface area contributed by atoms with Crippen molar-refractivity contribution in [1.29, 1.82) is 0 Å². The molecule has 0 radical (unpaired) electrons. The molecular formula is C31H32FNO5. The minimum Gasteiger partial charge on any atom is -0.489 e. The summed E-state index contributed by atoms with van der Waals surface area (Å²) in [4.78, 5) is 13.1. The highest BCUT2D eigenvalue weighted by Gasteiger charge is 2.25. The van der Waals surface area contributed by atoms with E-state index in [1.165, 1.54) is 12.1 Å². The number of ether oxygens (including phenoxy) is 3. The second-order valence-corrected chi connectivity index (χ2v) is 8.98. The SMILES string of the molecule is C=CCCCNc1cc2oc(-c3ccc(Oc4ccc(F)cc4)cc3)c(C(=O)OCC)c2cc1OC(C)C. The van der Waals surface area contributed by atoms with Gasteiger partial charge in [-0.3, -0.25) is 0 Å². The van der Waals surface area contributed by atoms with Crippen LogP contribution in [0.4, 0.5) is 10.1 Å². The van der Waals surface area contributed by atoms with Gasteiger partial charge < -0.3 is 23.9 Å². The van der Waals surface area contributed by atoms with E-state index in [1.54, 1.807) is 43.3 Å². The van der Waals surface area contributed by atoms with E-state index in [0.29, 0.717) is 45.1 Å². The van der Waals surface area contributed by atoms with Crippen LogP contribution in [0.2, 0.25) is 0 Å². The van der Waals surface area contributed by atoms with E-state index in [0.717, 1.165) is 25.1 Å². The number of carbonyl (C=O) groups is 1. The number of allylic oxidation sites excluding steroid dienone is 1. The fourth-order valence-corrected chi connectivity index (χ4v) is 4.00. The molecule has 1 heterocycles. The van der Waals surface area contributed by atoms with Crippen LogP contribution >= 0.6 is 0 Å². The first kappa shape index (κ1) is 26.8. The molecule has 3 aromatic carbocycles. The first-order valence-corrected chi connectivity index (χ1v) is 12.7. The van der Waals surface area contributed by atoms with Crippen LogP contribution in [0.5, 0.6) is 17.2 Å². The van der Waals surface area contributed by atoms with Crippen LogP contribution in [0, 0.1) is 5.82 Å². The lowest BCUT2D eigenvalue weighted by Gasteiger charge is -2.16. The Kier molecular flexibility index (Phi) is 8.69. The molecule has 0 saturated heterocycles. The highest BCUT2D eigenvalue weighted by atomic mass is 19.1. The van der Waals surface area contributed by atoms with Crippen LogP contribution in [0.1, 0.15) is 44.0 Å². The quantitative estimate of drug-likeness (QED) is 0.116. The molecule has 0 atom stereocenters. The predicted molar refractivity (Wildman–Crippen MR) is 148 cm³/mol. The molecule has 38 heavy (non-hydrogen) atoms. The fourth-order valence-electron chi connectivity index (χ4n) is 4.00. The van der Waals surface area contributed by atoms with Crippen LogP contribution in [-0.2, 0) is 4.74 Å². The van der Waals surface area contributed by atoms with Crippen LogP contribution in [0.3, 0.4) is 0 Å². The van der Waals surface area contributed by atoms with Gasteiger partial charge in [-0.05, 0) is 88.2 Å². The molecule has 1 aromatic heterocycles. The van der Waals surface area contributed by atoms with Gasteiger partial charge in [-0.15, -0.1) is 6.58 Å². The summed E-state index contributed by atoms with van der Waals surface area (Å²) in [6.45, 7) is 10.4. The smallest absolute Gasteiger partial charge is 0.342 e. The summed E-state index contributed by atoms with van der Waals surface area (Å²) in [5.74, 6) is 1.29. The first-order valence-electron chi connectivity index (χ1n) is 12.7. The minimum absolute atomic E-state index is 0.0627. The molecule has 0 aliphatic carbocycles. The molecule has 4 rings (SSSR count). The summed E-state index contributed by atoms with van der Waals surface area (Å²) in [5.41, 5.74) is 2.34. The molecule has 0 aliphatic heterocycles. The Morgan fingerprint density at radius 1 is 1.08 bits per heavy atom. The number of esters is 1. The minimum atomic E-state index is -0.477. The number of carbonyl (C=O) groups excluding carboxylic acids is 1. The molecule has 1 N–H and O–H groups in total. The number of hydrogen-bond acceptors (Lipinski definition) is 6. The molecule has 0 saturated carbocycles. The Morgan fingerprint density at radius 3 is 2.39 bits per heavy atom. The number of halogens is 1. The average molecular weight is 518 g/mol. The van der Waals surface area contributed by atoms with E-state index in [-0.39, 0.29) is 18.5 Å². The molecule has 0 aliphatic rings. The number of furan rings is 1. The number of anilines is 1. The van der Waals surface area contributed by atoms with Gasteiger partial charge in [0.1, 0.15) is 40.0 Å². The van der Waals surface area contributed by atoms with Gasteiger partial charge in [0.15, 0.2) is 0 Å². The van der Waals surface area contributed by atoms with Crippen molar-refractivity contribution >= 4 is 22.6 Å². The van der Waals surface area contributed by atoms with Crippen LogP contribution in [0.25, 0.3) is 22.3 Å². The lowest BCUT2D eigenvalue weighted by molar-refractivity contribution is 0.0528. The zero-order valence-corrected chi connectivity index (χ0v) is 21.9. The Bertz CT molecular complexity index is 1390. The van der Waals surface area contributed by atoms with Crippen LogP contribution in [-0.4, -0.2) is 25.2 Å². The maximum Gasteiger partial charge on any atom is 0.342 e. The Hall–Kier alpha value is -4.26. The third kappa shape index (κ3) is 6.35. The second-order valence-electron chi connectivity index (χ2n) is 8.98. The van der Waals surface area contributed by atoms with Gasteiger partial charge in [0.2, 0.25) is 0 Å². The molecule has 0 fully saturated rings. The Labute approximate surface area is 222 Å². The second kappa shape index (κ2) is 12.3. The van der Waals surface area contributed by atoms with E-state index < -0.39 is 5.97 Å². The van der Waals surface area contributed by atoms with Gasteiger partial charge in [0, 0.05) is 23.6 Å². The topological polar surface area (TPSA) is 69.9 Å². The van der Waals surface area contributed by atoms with E-state index in [1.807, 2.05) is 32.1 Å². The fraction of sp³-hybridized carbons (Fsp3) is 0.258. The molecule has 6 nitrogen and oxygen atoms in total. The molecular weight excluding hydrogens is 485 g/mol. The molecule has 0 spiro atoms.